The lowest BCUT2D eigenvalue weighted by Gasteiger charge is -2.36. The number of carbonyl (C=O) groups excluding carboxylic acids is 1. The number of aliphatic carboxylic acids is 1. The fraction of sp³-hybridized carbons (Fsp3) is 0.143. The summed E-state index contributed by atoms with van der Waals surface area (Å²) in [5, 5.41) is 20.1. The quantitative estimate of drug-likeness (QED) is 0.0510. The number of nitrogens with zero attached hydrogens (tertiary/aromatic N) is 2. The highest BCUT2D eigenvalue weighted by Gasteiger charge is 2.42. The lowest BCUT2D eigenvalue weighted by molar-refractivity contribution is -0.163. The number of carboxylic acids is 1. The van der Waals surface area contributed by atoms with Gasteiger partial charge in [0.1, 0.15) is 11.2 Å². The van der Waals surface area contributed by atoms with Crippen molar-refractivity contribution in [2.24, 2.45) is 11.1 Å². The second kappa shape index (κ2) is 15.2. The van der Waals surface area contributed by atoms with Crippen molar-refractivity contribution in [3.05, 3.63) is 191 Å². The summed E-state index contributed by atoms with van der Waals surface area (Å²) in [6.45, 7) is 0. The largest absolute Gasteiger partial charge is 0.476 e. The predicted molar refractivity (Wildman–Crippen MR) is 198 cm³/mol. The Morgan fingerprint density at radius 3 is 1.61 bits per heavy atom. The van der Waals surface area contributed by atoms with E-state index in [-0.39, 0.29) is 11.6 Å². The summed E-state index contributed by atoms with van der Waals surface area (Å²) < 4.78 is 6.07. The Hall–Kier alpha value is -6.06. The van der Waals surface area contributed by atoms with Crippen LogP contribution in [0.1, 0.15) is 52.5 Å². The first-order valence-corrected chi connectivity index (χ1v) is 17.6. The Bertz CT molecular complexity index is 1950. The van der Waals surface area contributed by atoms with Crippen LogP contribution in [-0.2, 0) is 24.7 Å². The maximum atomic E-state index is 13.7. The number of carbonyl (C=O) groups is 2. The van der Waals surface area contributed by atoms with Gasteiger partial charge in [-0.2, -0.15) is 0 Å². The van der Waals surface area contributed by atoms with E-state index in [1.54, 1.807) is 5.38 Å². The molecule has 0 saturated heterocycles. The SMILES string of the molecule is O=C(O)/C(=N\OC(C(=O)OC(c1ccccc1)c1ccccc1)C1CC1)c1csc(NC(c2ccccc2)(c2ccccc2)c2ccccc2)n1. The number of oxime groups is 1. The molecule has 2 N–H and O–H groups in total. The molecule has 51 heavy (non-hydrogen) atoms. The fourth-order valence-corrected chi connectivity index (χ4v) is 6.92. The minimum absolute atomic E-state index is 0.104. The smallest absolute Gasteiger partial charge is 0.360 e. The maximum absolute atomic E-state index is 13.7. The molecule has 5 aromatic carbocycles. The molecule has 0 bridgehead atoms. The van der Waals surface area contributed by atoms with Crippen molar-refractivity contribution < 1.29 is 24.3 Å². The Kier molecular flexibility index (Phi) is 9.98. The van der Waals surface area contributed by atoms with Gasteiger partial charge in [0.05, 0.1) is 0 Å². The molecule has 0 aliphatic heterocycles. The molecule has 254 valence electrons. The number of carboxylic acid groups (broad SMARTS) is 1. The second-order valence-electron chi connectivity index (χ2n) is 12.3. The molecule has 1 saturated carbocycles. The number of rotatable bonds is 14. The van der Waals surface area contributed by atoms with E-state index in [0.717, 1.165) is 40.7 Å². The lowest BCUT2D eigenvalue weighted by Crippen LogP contribution is -2.38. The number of nitrogens with one attached hydrogen (secondary N) is 1. The van der Waals surface area contributed by atoms with Crippen molar-refractivity contribution in [3.63, 3.8) is 0 Å². The van der Waals surface area contributed by atoms with E-state index >= 15 is 0 Å². The van der Waals surface area contributed by atoms with Gasteiger partial charge in [0.2, 0.25) is 11.8 Å². The number of hydrogen-bond acceptors (Lipinski definition) is 8. The Labute approximate surface area is 300 Å². The first kappa shape index (κ1) is 33.4. The number of ether oxygens (including phenoxy) is 1. The summed E-state index contributed by atoms with van der Waals surface area (Å²) in [6, 6.07) is 49.1. The molecule has 6 aromatic rings. The van der Waals surface area contributed by atoms with Gasteiger partial charge in [-0.25, -0.2) is 14.6 Å². The Morgan fingerprint density at radius 2 is 1.18 bits per heavy atom. The van der Waals surface area contributed by atoms with E-state index in [2.05, 4.69) is 46.9 Å². The van der Waals surface area contributed by atoms with Gasteiger partial charge in [0.25, 0.3) is 0 Å². The molecule has 1 aromatic heterocycles. The molecule has 1 heterocycles. The first-order valence-electron chi connectivity index (χ1n) is 16.7. The van der Waals surface area contributed by atoms with Crippen molar-refractivity contribution in [1.82, 2.24) is 4.98 Å². The van der Waals surface area contributed by atoms with Gasteiger partial charge < -0.3 is 20.0 Å². The zero-order valence-electron chi connectivity index (χ0n) is 27.5. The van der Waals surface area contributed by atoms with E-state index in [9.17, 15) is 14.7 Å². The summed E-state index contributed by atoms with van der Waals surface area (Å²) in [5.74, 6) is -2.08. The molecule has 1 aliphatic carbocycles. The third-order valence-corrected chi connectivity index (χ3v) is 9.60. The van der Waals surface area contributed by atoms with Gasteiger partial charge in [0.15, 0.2) is 11.2 Å². The van der Waals surface area contributed by atoms with Gasteiger partial charge in [-0.05, 0) is 40.7 Å². The first-order chi connectivity index (χ1) is 25.0. The van der Waals surface area contributed by atoms with Crippen LogP contribution in [0.15, 0.2) is 162 Å². The number of thiazole rings is 1. The lowest BCUT2D eigenvalue weighted by atomic mass is 9.77. The monoisotopic (exact) mass is 693 g/mol. The third kappa shape index (κ3) is 7.44. The van der Waals surface area contributed by atoms with E-state index < -0.39 is 35.4 Å². The number of anilines is 1. The molecule has 0 amide bonds. The minimum atomic E-state index is -1.33. The zero-order valence-corrected chi connectivity index (χ0v) is 28.4. The van der Waals surface area contributed by atoms with Crippen molar-refractivity contribution >= 4 is 34.1 Å². The number of aromatic nitrogens is 1. The van der Waals surface area contributed by atoms with Crippen molar-refractivity contribution in [2.75, 3.05) is 5.32 Å². The van der Waals surface area contributed by atoms with Crippen LogP contribution < -0.4 is 5.32 Å². The second-order valence-corrected chi connectivity index (χ2v) is 13.1. The highest BCUT2D eigenvalue weighted by molar-refractivity contribution is 7.14. The predicted octanol–water partition coefficient (Wildman–Crippen LogP) is 8.46. The van der Waals surface area contributed by atoms with Crippen molar-refractivity contribution in [3.8, 4) is 0 Å². The Morgan fingerprint density at radius 1 is 0.725 bits per heavy atom. The molecule has 0 spiro atoms. The van der Waals surface area contributed by atoms with Gasteiger partial charge in [0, 0.05) is 11.3 Å². The average Bonchev–Trinajstić information content (AvgIpc) is 3.93. The summed E-state index contributed by atoms with van der Waals surface area (Å²) in [5.41, 5.74) is 3.38. The zero-order chi connectivity index (χ0) is 35.0. The number of hydrogen-bond donors (Lipinski definition) is 2. The molecule has 1 aliphatic rings. The normalized spacial score (nSPS) is 13.7. The van der Waals surface area contributed by atoms with Crippen molar-refractivity contribution in [2.45, 2.75) is 30.6 Å². The van der Waals surface area contributed by atoms with Crippen LogP contribution in [0.25, 0.3) is 0 Å². The van der Waals surface area contributed by atoms with E-state index in [1.807, 2.05) is 115 Å². The summed E-state index contributed by atoms with van der Waals surface area (Å²) in [7, 11) is 0. The van der Waals surface area contributed by atoms with E-state index in [0.29, 0.717) is 5.13 Å². The number of esters is 1. The van der Waals surface area contributed by atoms with Gasteiger partial charge in [-0.1, -0.05) is 157 Å². The Balaban J connectivity index is 1.18. The third-order valence-electron chi connectivity index (χ3n) is 8.84. The standard InChI is InChI=1S/C42H35N3O5S/c46-39(47)36(45-50-38(31-26-27-31)40(48)49-37(29-16-6-1-7-17-29)30-18-8-2-9-19-30)35-28-51-41(43-35)44-42(32-20-10-3-11-21-32,33-22-12-4-13-23-33)34-24-14-5-15-25-34/h1-25,28,31,37-38H,26-27H2,(H,43,44)(H,46,47)/b45-36-. The highest BCUT2D eigenvalue weighted by atomic mass is 32.1. The molecule has 0 radical (unpaired) electrons. The van der Waals surface area contributed by atoms with Gasteiger partial charge >= 0.3 is 11.9 Å². The molecular weight excluding hydrogens is 659 g/mol. The average molecular weight is 694 g/mol. The van der Waals surface area contributed by atoms with Crippen LogP contribution in [0.2, 0.25) is 0 Å². The van der Waals surface area contributed by atoms with E-state index in [4.69, 9.17) is 14.6 Å². The molecule has 1 atom stereocenters. The van der Waals surface area contributed by atoms with Crippen molar-refractivity contribution in [1.29, 1.82) is 0 Å². The topological polar surface area (TPSA) is 110 Å². The summed E-state index contributed by atoms with van der Waals surface area (Å²) in [6.07, 6.45) is -0.263. The van der Waals surface area contributed by atoms with Crippen LogP contribution in [0, 0.1) is 5.92 Å². The van der Waals surface area contributed by atoms with Crippen LogP contribution in [0.4, 0.5) is 5.13 Å². The van der Waals surface area contributed by atoms with Crippen LogP contribution in [0.3, 0.4) is 0 Å². The van der Waals surface area contributed by atoms with E-state index in [1.165, 1.54) is 11.3 Å². The summed E-state index contributed by atoms with van der Waals surface area (Å²) >= 11 is 1.26. The molecule has 8 nitrogen and oxygen atoms in total. The molecule has 9 heteroatoms. The van der Waals surface area contributed by atoms with Gasteiger partial charge in [-0.3, -0.25) is 0 Å². The summed E-state index contributed by atoms with van der Waals surface area (Å²) in [4.78, 5) is 36.7. The highest BCUT2D eigenvalue weighted by Crippen LogP contribution is 2.41. The van der Waals surface area contributed by atoms with Crippen LogP contribution >= 0.6 is 11.3 Å². The van der Waals surface area contributed by atoms with Gasteiger partial charge in [-0.15, -0.1) is 11.3 Å². The molecule has 1 fully saturated rings. The molecule has 1 unspecified atom stereocenters. The van der Waals surface area contributed by atoms with Crippen LogP contribution in [-0.4, -0.2) is 33.8 Å². The molecule has 7 rings (SSSR count). The number of benzene rings is 5. The maximum Gasteiger partial charge on any atom is 0.360 e. The molecular formula is C42H35N3O5S. The van der Waals surface area contributed by atoms with Crippen LogP contribution in [0.5, 0.6) is 0 Å². The minimum Gasteiger partial charge on any atom is -0.476 e. The fourth-order valence-electron chi connectivity index (χ4n) is 6.17.